The molecule has 0 saturated heterocycles. The Morgan fingerprint density at radius 1 is 1.26 bits per heavy atom. The first-order valence-electron chi connectivity index (χ1n) is 6.41. The maximum Gasteiger partial charge on any atom is 0.175 e. The van der Waals surface area contributed by atoms with Gasteiger partial charge >= 0.3 is 0 Å². The van der Waals surface area contributed by atoms with Crippen molar-refractivity contribution >= 4 is 22.2 Å². The molecule has 1 aromatic rings. The van der Waals surface area contributed by atoms with Crippen molar-refractivity contribution < 1.29 is 14.3 Å². The van der Waals surface area contributed by atoms with E-state index in [0.717, 1.165) is 17.2 Å². The average Bonchev–Trinajstić information content (AvgIpc) is 2.31. The van der Waals surface area contributed by atoms with E-state index in [1.807, 2.05) is 6.92 Å². The zero-order valence-electron chi connectivity index (χ0n) is 12.0. The van der Waals surface area contributed by atoms with Gasteiger partial charge in [-0.3, -0.25) is 4.79 Å². The summed E-state index contributed by atoms with van der Waals surface area (Å²) >= 11 is 3.43. The Labute approximate surface area is 123 Å². The number of benzene rings is 1. The van der Waals surface area contributed by atoms with Crippen LogP contribution in [0.25, 0.3) is 0 Å². The second-order valence-corrected chi connectivity index (χ2v) is 6.39. The Kier molecular flexibility index (Phi) is 5.85. The van der Waals surface area contributed by atoms with Crippen molar-refractivity contribution in [3.63, 3.8) is 0 Å². The highest BCUT2D eigenvalue weighted by atomic mass is 79.9. The Morgan fingerprint density at radius 2 is 1.95 bits per heavy atom. The van der Waals surface area contributed by atoms with Crippen molar-refractivity contribution in [3.8, 4) is 11.5 Å². The number of halogens is 1. The van der Waals surface area contributed by atoms with Gasteiger partial charge in [0.25, 0.3) is 0 Å². The molecular weight excluding hydrogens is 308 g/mol. The summed E-state index contributed by atoms with van der Waals surface area (Å²) in [6, 6.07) is 3.44. The topological polar surface area (TPSA) is 35.5 Å². The Bertz CT molecular complexity index is 436. The fraction of sp³-hybridized carbons (Fsp3) is 0.533. The summed E-state index contributed by atoms with van der Waals surface area (Å²) in [5, 5.41) is 0. The minimum atomic E-state index is 0.223. The molecule has 0 amide bonds. The summed E-state index contributed by atoms with van der Waals surface area (Å²) in [6.07, 6.45) is 1.74. The van der Waals surface area contributed by atoms with Crippen molar-refractivity contribution in [2.24, 2.45) is 5.41 Å². The molecular formula is C15H21BrO3. The normalized spacial score (nSPS) is 11.2. The third kappa shape index (κ3) is 5.23. The lowest BCUT2D eigenvalue weighted by Crippen LogP contribution is -2.12. The van der Waals surface area contributed by atoms with E-state index in [9.17, 15) is 4.79 Å². The van der Waals surface area contributed by atoms with E-state index in [1.54, 1.807) is 12.1 Å². The number of hydrogen-bond donors (Lipinski definition) is 0. The molecule has 0 aliphatic heterocycles. The van der Waals surface area contributed by atoms with Crippen LogP contribution in [-0.2, 0) is 0 Å². The molecule has 0 radical (unpaired) electrons. The first-order chi connectivity index (χ1) is 8.87. The van der Waals surface area contributed by atoms with Crippen LogP contribution in [0.15, 0.2) is 16.6 Å². The van der Waals surface area contributed by atoms with Crippen LogP contribution < -0.4 is 9.47 Å². The zero-order valence-corrected chi connectivity index (χ0v) is 13.5. The van der Waals surface area contributed by atoms with Crippen LogP contribution in [-0.4, -0.2) is 19.5 Å². The number of carbonyl (C=O) groups is 1. The van der Waals surface area contributed by atoms with Crippen molar-refractivity contribution in [1.29, 1.82) is 0 Å². The smallest absolute Gasteiger partial charge is 0.175 e. The Hall–Kier alpha value is -1.03. The van der Waals surface area contributed by atoms with Crippen LogP contribution in [0.1, 0.15) is 44.5 Å². The largest absolute Gasteiger partial charge is 0.490 e. The molecule has 0 bridgehead atoms. The van der Waals surface area contributed by atoms with Crippen molar-refractivity contribution in [1.82, 2.24) is 0 Å². The van der Waals surface area contributed by atoms with Gasteiger partial charge in [-0.1, -0.05) is 20.8 Å². The number of rotatable bonds is 6. The highest BCUT2D eigenvalue weighted by Crippen LogP contribution is 2.37. The molecule has 0 aromatic heterocycles. The van der Waals surface area contributed by atoms with Gasteiger partial charge in [-0.05, 0) is 46.8 Å². The molecule has 0 atom stereocenters. The third-order valence-electron chi connectivity index (χ3n) is 2.57. The lowest BCUT2D eigenvalue weighted by Gasteiger charge is -2.20. The van der Waals surface area contributed by atoms with E-state index in [-0.39, 0.29) is 5.41 Å². The highest BCUT2D eigenvalue weighted by Gasteiger charge is 2.14. The number of ether oxygens (including phenoxy) is 2. The SMILES string of the molecule is CCOc1cc(C=O)cc(Br)c1OCCC(C)(C)C. The van der Waals surface area contributed by atoms with Gasteiger partial charge in [-0.2, -0.15) is 0 Å². The van der Waals surface area contributed by atoms with Crippen molar-refractivity contribution in [2.45, 2.75) is 34.1 Å². The Balaban J connectivity index is 2.88. The van der Waals surface area contributed by atoms with E-state index in [0.29, 0.717) is 30.3 Å². The second kappa shape index (κ2) is 6.94. The Morgan fingerprint density at radius 3 is 2.47 bits per heavy atom. The van der Waals surface area contributed by atoms with E-state index < -0.39 is 0 Å². The van der Waals surface area contributed by atoms with Gasteiger partial charge in [0, 0.05) is 5.56 Å². The first-order valence-corrected chi connectivity index (χ1v) is 7.21. The minimum absolute atomic E-state index is 0.223. The van der Waals surface area contributed by atoms with E-state index in [4.69, 9.17) is 9.47 Å². The van der Waals surface area contributed by atoms with E-state index >= 15 is 0 Å². The standard InChI is InChI=1S/C15H21BrO3/c1-5-18-13-9-11(10-17)8-12(16)14(13)19-7-6-15(2,3)4/h8-10H,5-7H2,1-4H3. The molecule has 19 heavy (non-hydrogen) atoms. The molecule has 0 spiro atoms. The molecule has 0 aliphatic carbocycles. The molecule has 0 aliphatic rings. The maximum absolute atomic E-state index is 10.9. The second-order valence-electron chi connectivity index (χ2n) is 5.54. The lowest BCUT2D eigenvalue weighted by atomic mass is 9.93. The predicted molar refractivity (Wildman–Crippen MR) is 80.3 cm³/mol. The monoisotopic (exact) mass is 328 g/mol. The molecule has 3 nitrogen and oxygen atoms in total. The summed E-state index contributed by atoms with van der Waals surface area (Å²) in [5.74, 6) is 1.27. The van der Waals surface area contributed by atoms with Crippen LogP contribution >= 0.6 is 15.9 Å². The summed E-state index contributed by atoms with van der Waals surface area (Å²) in [7, 11) is 0. The van der Waals surface area contributed by atoms with E-state index in [1.165, 1.54) is 0 Å². The number of hydrogen-bond acceptors (Lipinski definition) is 3. The third-order valence-corrected chi connectivity index (χ3v) is 3.16. The van der Waals surface area contributed by atoms with Crippen LogP contribution in [0.4, 0.5) is 0 Å². The van der Waals surface area contributed by atoms with Crippen LogP contribution in [0, 0.1) is 5.41 Å². The van der Waals surface area contributed by atoms with E-state index in [2.05, 4.69) is 36.7 Å². The van der Waals surface area contributed by atoms with Crippen LogP contribution in [0.3, 0.4) is 0 Å². The number of aldehydes is 1. The molecule has 0 saturated carbocycles. The molecule has 0 unspecified atom stereocenters. The minimum Gasteiger partial charge on any atom is -0.490 e. The fourth-order valence-corrected chi connectivity index (χ4v) is 2.09. The number of carbonyl (C=O) groups excluding carboxylic acids is 1. The maximum atomic E-state index is 10.9. The van der Waals surface area contributed by atoms with Gasteiger partial charge in [0.1, 0.15) is 6.29 Å². The summed E-state index contributed by atoms with van der Waals surface area (Å²) in [5.41, 5.74) is 0.791. The van der Waals surface area contributed by atoms with Gasteiger partial charge in [-0.25, -0.2) is 0 Å². The van der Waals surface area contributed by atoms with Crippen LogP contribution in [0.5, 0.6) is 11.5 Å². The quantitative estimate of drug-likeness (QED) is 0.722. The van der Waals surface area contributed by atoms with Gasteiger partial charge in [0.05, 0.1) is 17.7 Å². The lowest BCUT2D eigenvalue weighted by molar-refractivity contribution is 0.112. The van der Waals surface area contributed by atoms with Crippen molar-refractivity contribution in [2.75, 3.05) is 13.2 Å². The van der Waals surface area contributed by atoms with Gasteiger partial charge in [-0.15, -0.1) is 0 Å². The molecule has 106 valence electrons. The van der Waals surface area contributed by atoms with Crippen LogP contribution in [0.2, 0.25) is 0 Å². The highest BCUT2D eigenvalue weighted by molar-refractivity contribution is 9.10. The predicted octanol–water partition coefficient (Wildman–Crippen LogP) is 4.48. The first kappa shape index (κ1) is 16.0. The molecule has 1 aromatic carbocycles. The molecule has 0 heterocycles. The molecule has 0 N–H and O–H groups in total. The fourth-order valence-electron chi connectivity index (χ4n) is 1.52. The summed E-state index contributed by atoms with van der Waals surface area (Å²) < 4.78 is 12.1. The average molecular weight is 329 g/mol. The summed E-state index contributed by atoms with van der Waals surface area (Å²) in [6.45, 7) is 9.56. The van der Waals surface area contributed by atoms with Gasteiger partial charge in [0.2, 0.25) is 0 Å². The van der Waals surface area contributed by atoms with Gasteiger partial charge < -0.3 is 9.47 Å². The van der Waals surface area contributed by atoms with Gasteiger partial charge in [0.15, 0.2) is 11.5 Å². The zero-order chi connectivity index (χ0) is 14.5. The molecule has 4 heteroatoms. The van der Waals surface area contributed by atoms with Crippen molar-refractivity contribution in [3.05, 3.63) is 22.2 Å². The molecule has 1 rings (SSSR count). The summed E-state index contributed by atoms with van der Waals surface area (Å²) in [4.78, 5) is 10.9. The molecule has 0 fully saturated rings.